The Kier molecular flexibility index (Phi) is 5.12. The maximum Gasteiger partial charge on any atom is 0.119 e. The van der Waals surface area contributed by atoms with Crippen molar-refractivity contribution >= 4 is 14.4 Å². The monoisotopic (exact) mass is 170 g/mol. The molecule has 0 aliphatic heterocycles. The first-order valence-corrected chi connectivity index (χ1v) is 7.48. The molecule has 0 aromatic heterocycles. The van der Waals surface area contributed by atoms with Crippen LogP contribution in [0.1, 0.15) is 19.8 Å². The van der Waals surface area contributed by atoms with Crippen molar-refractivity contribution in [3.63, 3.8) is 0 Å². The molecule has 0 heterocycles. The first kappa shape index (κ1) is 10.6. The third-order valence-corrected chi connectivity index (χ3v) is 4.64. The molecular formula is C9H18OSi. The van der Waals surface area contributed by atoms with Crippen molar-refractivity contribution < 1.29 is 4.79 Å². The molecule has 0 unspecified atom stereocenters. The van der Waals surface area contributed by atoms with Crippen LogP contribution in [-0.4, -0.2) is 14.4 Å². The van der Waals surface area contributed by atoms with Crippen molar-refractivity contribution in [2.75, 3.05) is 0 Å². The van der Waals surface area contributed by atoms with Gasteiger partial charge in [0, 0.05) is 6.42 Å². The van der Waals surface area contributed by atoms with Crippen molar-refractivity contribution in [2.24, 2.45) is 0 Å². The molecule has 2 heteroatoms. The van der Waals surface area contributed by atoms with E-state index in [4.69, 9.17) is 0 Å². The Labute approximate surface area is 70.5 Å². The second kappa shape index (κ2) is 5.30. The van der Waals surface area contributed by atoms with Gasteiger partial charge in [-0.25, -0.2) is 0 Å². The molecule has 0 bridgehead atoms. The molecule has 64 valence electrons. The highest BCUT2D eigenvalue weighted by Crippen LogP contribution is 2.14. The molecule has 0 radical (unpaired) electrons. The summed E-state index contributed by atoms with van der Waals surface area (Å²) in [6.07, 6.45) is 4.94. The van der Waals surface area contributed by atoms with Crippen molar-refractivity contribution in [1.29, 1.82) is 0 Å². The molecule has 0 fully saturated rings. The third-order valence-electron chi connectivity index (χ3n) is 1.76. The molecule has 0 saturated heterocycles. The van der Waals surface area contributed by atoms with Crippen molar-refractivity contribution in [2.45, 2.75) is 38.9 Å². The summed E-state index contributed by atoms with van der Waals surface area (Å²) in [4.78, 5) is 10.0. The Morgan fingerprint density at radius 2 is 2.00 bits per heavy atom. The highest BCUT2D eigenvalue weighted by Gasteiger charge is 2.14. The molecule has 0 aliphatic rings. The number of aldehydes is 1. The normalized spacial score (nSPS) is 12.3. The average Bonchev–Trinajstić information content (AvgIpc) is 1.87. The van der Waals surface area contributed by atoms with Gasteiger partial charge in [-0.15, -0.1) is 0 Å². The summed E-state index contributed by atoms with van der Waals surface area (Å²) in [5, 5.41) is 0. The largest absolute Gasteiger partial charge is 0.303 e. The lowest BCUT2D eigenvalue weighted by Gasteiger charge is -2.15. The number of allylic oxidation sites excluding steroid dienone is 1. The summed E-state index contributed by atoms with van der Waals surface area (Å²) in [7, 11) is -1.08. The van der Waals surface area contributed by atoms with E-state index in [1.54, 1.807) is 0 Å². The fourth-order valence-electron chi connectivity index (χ4n) is 1.18. The molecule has 0 atom stereocenters. The van der Waals surface area contributed by atoms with Crippen LogP contribution in [0.2, 0.25) is 19.1 Å². The molecule has 0 amide bonds. The van der Waals surface area contributed by atoms with Gasteiger partial charge in [0.2, 0.25) is 0 Å². The van der Waals surface area contributed by atoms with Gasteiger partial charge in [-0.05, 0) is 13.3 Å². The predicted molar refractivity (Wildman–Crippen MR) is 52.4 cm³/mol. The second-order valence-corrected chi connectivity index (χ2v) is 8.36. The summed E-state index contributed by atoms with van der Waals surface area (Å²) < 4.78 is 0. The molecule has 1 nitrogen and oxygen atoms in total. The van der Waals surface area contributed by atoms with Gasteiger partial charge in [0.05, 0.1) is 8.07 Å². The lowest BCUT2D eigenvalue weighted by Crippen LogP contribution is -2.21. The standard InChI is InChI=1S/C9H18OSi/c1-4-8-11(2,3)9-6-5-7-10/h4,7-8H,5-6,9H2,1-3H3/b8-4+. The van der Waals surface area contributed by atoms with E-state index in [0.29, 0.717) is 0 Å². The number of unbranched alkanes of at least 4 members (excludes halogenated alkanes) is 1. The maximum atomic E-state index is 10.0. The van der Waals surface area contributed by atoms with Gasteiger partial charge in [0.25, 0.3) is 0 Å². The summed E-state index contributed by atoms with van der Waals surface area (Å²) in [5.41, 5.74) is 2.33. The van der Waals surface area contributed by atoms with Crippen LogP contribution in [0.25, 0.3) is 0 Å². The molecule has 0 aromatic rings. The van der Waals surface area contributed by atoms with Crippen LogP contribution in [0.4, 0.5) is 0 Å². The van der Waals surface area contributed by atoms with Crippen LogP contribution >= 0.6 is 0 Å². The third kappa shape index (κ3) is 6.04. The first-order chi connectivity index (χ1) is 5.12. The van der Waals surface area contributed by atoms with Crippen LogP contribution in [0.3, 0.4) is 0 Å². The molecule has 0 saturated carbocycles. The smallest absolute Gasteiger partial charge is 0.119 e. The van der Waals surface area contributed by atoms with Gasteiger partial charge in [0.1, 0.15) is 6.29 Å². The number of carbonyl (C=O) groups is 1. The Bertz CT molecular complexity index is 138. The number of hydrogen-bond donors (Lipinski definition) is 0. The highest BCUT2D eigenvalue weighted by atomic mass is 28.3. The van der Waals surface area contributed by atoms with Crippen LogP contribution in [0.15, 0.2) is 11.8 Å². The molecule has 11 heavy (non-hydrogen) atoms. The van der Waals surface area contributed by atoms with E-state index in [0.717, 1.165) is 19.1 Å². The van der Waals surface area contributed by atoms with E-state index in [2.05, 4.69) is 31.8 Å². The van der Waals surface area contributed by atoms with Gasteiger partial charge in [-0.2, -0.15) is 0 Å². The Hall–Kier alpha value is -0.373. The molecule has 0 aromatic carbocycles. The van der Waals surface area contributed by atoms with Gasteiger partial charge < -0.3 is 4.79 Å². The maximum absolute atomic E-state index is 10.0. The minimum absolute atomic E-state index is 0.730. The van der Waals surface area contributed by atoms with E-state index in [1.165, 1.54) is 6.04 Å². The molecule has 0 aliphatic carbocycles. The van der Waals surface area contributed by atoms with Crippen LogP contribution in [0, 0.1) is 0 Å². The first-order valence-electron chi connectivity index (χ1n) is 4.20. The van der Waals surface area contributed by atoms with Crippen LogP contribution in [-0.2, 0) is 4.79 Å². The summed E-state index contributed by atoms with van der Waals surface area (Å²) in [5.74, 6) is 0. The van der Waals surface area contributed by atoms with E-state index < -0.39 is 8.07 Å². The number of rotatable bonds is 5. The second-order valence-electron chi connectivity index (χ2n) is 3.55. The van der Waals surface area contributed by atoms with Crippen molar-refractivity contribution in [1.82, 2.24) is 0 Å². The zero-order chi connectivity index (χ0) is 8.74. The lowest BCUT2D eigenvalue weighted by atomic mass is 10.4. The van der Waals surface area contributed by atoms with E-state index >= 15 is 0 Å². The lowest BCUT2D eigenvalue weighted by molar-refractivity contribution is -0.107. The minimum atomic E-state index is -1.08. The quantitative estimate of drug-likeness (QED) is 0.352. The van der Waals surface area contributed by atoms with Gasteiger partial charge in [-0.1, -0.05) is 30.9 Å². The summed E-state index contributed by atoms with van der Waals surface area (Å²) >= 11 is 0. The van der Waals surface area contributed by atoms with Gasteiger partial charge >= 0.3 is 0 Å². The van der Waals surface area contributed by atoms with E-state index in [9.17, 15) is 4.79 Å². The summed E-state index contributed by atoms with van der Waals surface area (Å²) in [6.45, 7) is 6.73. The molecule has 0 N–H and O–H groups in total. The Morgan fingerprint density at radius 3 is 2.45 bits per heavy atom. The van der Waals surface area contributed by atoms with Gasteiger partial charge in [-0.3, -0.25) is 0 Å². The highest BCUT2D eigenvalue weighted by molar-refractivity contribution is 6.82. The minimum Gasteiger partial charge on any atom is -0.303 e. The molecule has 0 rings (SSSR count). The molecule has 0 spiro atoms. The van der Waals surface area contributed by atoms with E-state index in [-0.39, 0.29) is 0 Å². The number of hydrogen-bond acceptors (Lipinski definition) is 1. The van der Waals surface area contributed by atoms with Crippen LogP contribution in [0.5, 0.6) is 0 Å². The van der Waals surface area contributed by atoms with Crippen molar-refractivity contribution in [3.05, 3.63) is 11.8 Å². The van der Waals surface area contributed by atoms with Gasteiger partial charge in [0.15, 0.2) is 0 Å². The zero-order valence-electron chi connectivity index (χ0n) is 7.76. The fraction of sp³-hybridized carbons (Fsp3) is 0.667. The zero-order valence-corrected chi connectivity index (χ0v) is 8.76. The van der Waals surface area contributed by atoms with Crippen LogP contribution < -0.4 is 0 Å². The number of carbonyl (C=O) groups excluding carboxylic acids is 1. The SMILES string of the molecule is C/C=C/[Si](C)(C)CCCC=O. The topological polar surface area (TPSA) is 17.1 Å². The Balaban J connectivity index is 3.63. The summed E-state index contributed by atoms with van der Waals surface area (Å²) in [6, 6.07) is 1.23. The average molecular weight is 170 g/mol. The van der Waals surface area contributed by atoms with E-state index in [1.807, 2.05) is 0 Å². The van der Waals surface area contributed by atoms with Crippen molar-refractivity contribution in [3.8, 4) is 0 Å². The molecular weight excluding hydrogens is 152 g/mol. The Morgan fingerprint density at radius 1 is 1.36 bits per heavy atom. The fourth-order valence-corrected chi connectivity index (χ4v) is 3.36. The predicted octanol–water partition coefficient (Wildman–Crippen LogP) is 2.79.